The molecule has 8 N–H and O–H groups in total. The molecular weight excluding hydrogens is 574 g/mol. The molecule has 7 rings (SSSR count). The van der Waals surface area contributed by atoms with E-state index in [1.165, 1.54) is 15.9 Å². The molecule has 2 fully saturated rings. The Bertz CT molecular complexity index is 1640. The predicted octanol–water partition coefficient (Wildman–Crippen LogP) is -1.56. The third-order valence-corrected chi connectivity index (χ3v) is 8.53. The first-order valence-corrected chi connectivity index (χ1v) is 14.0. The van der Waals surface area contributed by atoms with Gasteiger partial charge in [-0.1, -0.05) is 24.3 Å². The highest BCUT2D eigenvalue weighted by Crippen LogP contribution is 2.46. The average Bonchev–Trinajstić information content (AvgIpc) is 3.65. The summed E-state index contributed by atoms with van der Waals surface area (Å²) in [5.74, 6) is -4.48. The second-order valence-electron chi connectivity index (χ2n) is 11.7. The van der Waals surface area contributed by atoms with Crippen molar-refractivity contribution >= 4 is 35.5 Å². The monoisotopic (exact) mass is 605 g/mol. The maximum atomic E-state index is 13.5. The summed E-state index contributed by atoms with van der Waals surface area (Å²) in [6.07, 6.45) is 0. The van der Waals surface area contributed by atoms with Gasteiger partial charge >= 0.3 is 6.03 Å². The average molecular weight is 606 g/mol. The first kappa shape index (κ1) is 27.7. The van der Waals surface area contributed by atoms with Gasteiger partial charge < -0.3 is 46.7 Å². The van der Waals surface area contributed by atoms with Crippen LogP contribution in [-0.4, -0.2) is 105 Å². The second-order valence-corrected chi connectivity index (χ2v) is 11.7. The number of guanidine groups is 2. The van der Waals surface area contributed by atoms with E-state index in [0.29, 0.717) is 11.4 Å². The largest absolute Gasteiger partial charge is 0.449 e. The van der Waals surface area contributed by atoms with Gasteiger partial charge in [-0.15, -0.1) is 0 Å². The molecule has 3 unspecified atom stereocenters. The Labute approximate surface area is 250 Å². The van der Waals surface area contributed by atoms with E-state index < -0.39 is 53.2 Å². The van der Waals surface area contributed by atoms with Crippen LogP contribution in [0.5, 0.6) is 11.5 Å². The van der Waals surface area contributed by atoms with Crippen LogP contribution < -0.4 is 36.5 Å². The molecule has 2 aromatic rings. The SMILES string of the molecule is CC1(C)Oc2cccc(C(=O)NC3CN4C(N)=N[C@@H](CN5C(=O)CN(c6ccccc6)C5=O)C5N=C(N)NC54C3(O)O)c2O1. The number of amides is 4. The summed E-state index contributed by atoms with van der Waals surface area (Å²) < 4.78 is 11.6. The van der Waals surface area contributed by atoms with Gasteiger partial charge in [0.2, 0.25) is 11.6 Å². The van der Waals surface area contributed by atoms with Crippen LogP contribution in [0.3, 0.4) is 0 Å². The molecule has 0 saturated carbocycles. The summed E-state index contributed by atoms with van der Waals surface area (Å²) in [5.41, 5.74) is 11.3. The van der Waals surface area contributed by atoms with Gasteiger partial charge in [0.1, 0.15) is 18.6 Å². The van der Waals surface area contributed by atoms with Gasteiger partial charge in [0.25, 0.3) is 11.8 Å². The van der Waals surface area contributed by atoms with Crippen molar-refractivity contribution in [3.8, 4) is 11.5 Å². The highest BCUT2D eigenvalue weighted by atomic mass is 16.7. The van der Waals surface area contributed by atoms with E-state index in [-0.39, 0.29) is 42.9 Å². The molecule has 4 atom stereocenters. The molecule has 1 spiro atoms. The van der Waals surface area contributed by atoms with Crippen molar-refractivity contribution in [3.63, 3.8) is 0 Å². The number of carbonyl (C=O) groups is 3. The smallest absolute Gasteiger partial charge is 0.331 e. The molecule has 0 bridgehead atoms. The molecule has 44 heavy (non-hydrogen) atoms. The van der Waals surface area contributed by atoms with Gasteiger partial charge in [0.05, 0.1) is 18.2 Å². The van der Waals surface area contributed by atoms with Crippen LogP contribution in [0.25, 0.3) is 0 Å². The molecular formula is C28H31N9O7. The number of nitrogens with two attached hydrogens (primary N) is 2. The van der Waals surface area contributed by atoms with E-state index in [1.54, 1.807) is 56.3 Å². The number of nitrogens with one attached hydrogen (secondary N) is 2. The van der Waals surface area contributed by atoms with Crippen molar-refractivity contribution in [3.05, 3.63) is 54.1 Å². The number of imide groups is 1. The minimum Gasteiger partial charge on any atom is -0.449 e. The zero-order valence-electron chi connectivity index (χ0n) is 23.8. The molecule has 230 valence electrons. The van der Waals surface area contributed by atoms with Crippen LogP contribution in [0.4, 0.5) is 10.5 Å². The van der Waals surface area contributed by atoms with Crippen molar-refractivity contribution in [2.75, 3.05) is 24.5 Å². The zero-order chi connectivity index (χ0) is 31.2. The Balaban J connectivity index is 1.16. The van der Waals surface area contributed by atoms with E-state index in [2.05, 4.69) is 20.6 Å². The van der Waals surface area contributed by atoms with Gasteiger partial charge in [-0.25, -0.2) is 14.8 Å². The molecule has 2 aromatic carbocycles. The van der Waals surface area contributed by atoms with E-state index in [9.17, 15) is 24.6 Å². The Kier molecular flexibility index (Phi) is 5.80. The topological polar surface area (TPSA) is 221 Å². The lowest BCUT2D eigenvalue weighted by molar-refractivity contribution is -0.230. The van der Waals surface area contributed by atoms with E-state index in [0.717, 1.165) is 4.90 Å². The van der Waals surface area contributed by atoms with E-state index in [4.69, 9.17) is 20.9 Å². The van der Waals surface area contributed by atoms with Crippen LogP contribution in [-0.2, 0) is 4.79 Å². The number of nitrogens with zero attached hydrogens (tertiary/aromatic N) is 5. The van der Waals surface area contributed by atoms with E-state index in [1.807, 2.05) is 0 Å². The third kappa shape index (κ3) is 3.87. The molecule has 5 aliphatic heterocycles. The summed E-state index contributed by atoms with van der Waals surface area (Å²) in [4.78, 5) is 52.5. The number of benzene rings is 2. The molecule has 4 amide bonds. The molecule has 0 aromatic heterocycles. The zero-order valence-corrected chi connectivity index (χ0v) is 23.8. The van der Waals surface area contributed by atoms with Gasteiger partial charge in [-0.3, -0.25) is 19.4 Å². The molecule has 5 heterocycles. The number of para-hydroxylation sites is 2. The minimum atomic E-state index is -2.72. The maximum absolute atomic E-state index is 13.5. The summed E-state index contributed by atoms with van der Waals surface area (Å²) in [6.45, 7) is 2.79. The number of fused-ring (bicyclic) bond motifs is 1. The standard InChI is InChI=1S/C28H31N9O7/c1-26(2)43-17-10-6-9-15(20(17)44-26)22(39)32-18-12-37-24(30)31-16(21-27(37,28(18,41)42)34-23(29)33-21)11-36-19(38)13-35(25(36)40)14-7-4-3-5-8-14/h3-10,16,18,21,41-42H,11-13H2,1-2H3,(H2,30,31)(H,32,39)(H3,29,33,34)/t16-,18?,21?,27?/m0/s1. The number of aliphatic hydroxyl groups is 2. The first-order valence-electron chi connectivity index (χ1n) is 14.0. The summed E-state index contributed by atoms with van der Waals surface area (Å²) in [5, 5.41) is 29.1. The molecule has 16 nitrogen and oxygen atoms in total. The van der Waals surface area contributed by atoms with Gasteiger partial charge in [0, 0.05) is 26.1 Å². The Hall–Kier alpha value is -5.09. The lowest BCUT2D eigenvalue weighted by atomic mass is 9.84. The number of hydrogen-bond acceptors (Lipinski definition) is 13. The fraction of sp³-hybridized carbons (Fsp3) is 0.393. The summed E-state index contributed by atoms with van der Waals surface area (Å²) >= 11 is 0. The Morgan fingerprint density at radius 3 is 2.59 bits per heavy atom. The minimum absolute atomic E-state index is 0.119. The summed E-state index contributed by atoms with van der Waals surface area (Å²) in [6, 6.07) is 9.56. The number of rotatable bonds is 5. The lowest BCUT2D eigenvalue weighted by Gasteiger charge is -2.49. The normalized spacial score (nSPS) is 29.2. The third-order valence-electron chi connectivity index (χ3n) is 8.53. The van der Waals surface area contributed by atoms with Crippen LogP contribution in [0, 0.1) is 0 Å². The highest BCUT2D eigenvalue weighted by Gasteiger charge is 2.73. The Morgan fingerprint density at radius 2 is 1.84 bits per heavy atom. The first-order chi connectivity index (χ1) is 20.8. The number of ether oxygens (including phenoxy) is 2. The highest BCUT2D eigenvalue weighted by molar-refractivity contribution is 6.12. The number of urea groups is 1. The molecule has 0 radical (unpaired) electrons. The molecule has 16 heteroatoms. The maximum Gasteiger partial charge on any atom is 0.331 e. The molecule has 5 aliphatic rings. The van der Waals surface area contributed by atoms with Crippen molar-refractivity contribution < 1.29 is 34.1 Å². The number of aliphatic imine (C=N–C) groups is 2. The summed E-state index contributed by atoms with van der Waals surface area (Å²) in [7, 11) is 0. The molecule has 0 aliphatic carbocycles. The van der Waals surface area contributed by atoms with Gasteiger partial charge in [-0.2, -0.15) is 0 Å². The number of hydrogen-bond donors (Lipinski definition) is 6. The van der Waals surface area contributed by atoms with Crippen LogP contribution >= 0.6 is 0 Å². The van der Waals surface area contributed by atoms with Crippen molar-refractivity contribution in [1.82, 2.24) is 20.4 Å². The van der Waals surface area contributed by atoms with Gasteiger partial charge in [-0.05, 0) is 24.3 Å². The van der Waals surface area contributed by atoms with Crippen molar-refractivity contribution in [2.45, 2.75) is 49.2 Å². The Morgan fingerprint density at radius 1 is 1.09 bits per heavy atom. The van der Waals surface area contributed by atoms with Crippen LogP contribution in [0.2, 0.25) is 0 Å². The van der Waals surface area contributed by atoms with Crippen LogP contribution in [0.15, 0.2) is 58.5 Å². The molecule has 2 saturated heterocycles. The number of carbonyl (C=O) groups excluding carboxylic acids is 3. The number of anilines is 1. The second kappa shape index (κ2) is 9.20. The predicted molar refractivity (Wildman–Crippen MR) is 154 cm³/mol. The van der Waals surface area contributed by atoms with Gasteiger partial charge in [0.15, 0.2) is 29.1 Å². The van der Waals surface area contributed by atoms with E-state index >= 15 is 0 Å². The lowest BCUT2D eigenvalue weighted by Crippen LogP contribution is -2.78. The fourth-order valence-electron chi connectivity index (χ4n) is 6.60. The fourth-order valence-corrected chi connectivity index (χ4v) is 6.60. The quantitative estimate of drug-likeness (QED) is 0.169. The van der Waals surface area contributed by atoms with Crippen molar-refractivity contribution in [2.24, 2.45) is 21.5 Å². The van der Waals surface area contributed by atoms with Crippen LogP contribution in [0.1, 0.15) is 24.2 Å². The van der Waals surface area contributed by atoms with Crippen molar-refractivity contribution in [1.29, 1.82) is 0 Å².